The van der Waals surface area contributed by atoms with Gasteiger partial charge in [0.05, 0.1) is 25.8 Å². The van der Waals surface area contributed by atoms with E-state index >= 15 is 0 Å². The molecule has 31 heavy (non-hydrogen) atoms. The zero-order valence-corrected chi connectivity index (χ0v) is 19.3. The molecule has 3 aromatic rings. The van der Waals surface area contributed by atoms with Crippen molar-refractivity contribution in [1.29, 1.82) is 0 Å². The largest absolute Gasteiger partial charge is 0.493 e. The summed E-state index contributed by atoms with van der Waals surface area (Å²) in [6.07, 6.45) is 1.74. The third-order valence-corrected chi connectivity index (χ3v) is 4.87. The minimum absolute atomic E-state index is 0.216. The third kappa shape index (κ3) is 6.53. The van der Waals surface area contributed by atoms with Crippen LogP contribution in [-0.4, -0.2) is 61.3 Å². The fourth-order valence-electron chi connectivity index (χ4n) is 2.88. The Labute approximate surface area is 189 Å². The molecule has 1 N–H and O–H groups in total. The van der Waals surface area contributed by atoms with Crippen LogP contribution >= 0.6 is 15.9 Å². The molecule has 0 amide bonds. The van der Waals surface area contributed by atoms with Crippen molar-refractivity contribution in [2.45, 2.75) is 6.92 Å². The molecular weight excluding hydrogens is 464 g/mol. The molecule has 2 aromatic carbocycles. The number of hydrogen-bond acceptors (Lipinski definition) is 8. The van der Waals surface area contributed by atoms with Gasteiger partial charge in [-0.2, -0.15) is 0 Å². The van der Waals surface area contributed by atoms with Crippen LogP contribution in [0.2, 0.25) is 0 Å². The molecular formula is C22H25BrN4O4. The van der Waals surface area contributed by atoms with Crippen molar-refractivity contribution >= 4 is 44.4 Å². The summed E-state index contributed by atoms with van der Waals surface area (Å²) in [4.78, 5) is 22.4. The number of carbonyl (C=O) groups is 1. The molecule has 0 bridgehead atoms. The van der Waals surface area contributed by atoms with Gasteiger partial charge >= 0.3 is 5.97 Å². The minimum Gasteiger partial charge on any atom is -0.493 e. The molecule has 1 heterocycles. The van der Waals surface area contributed by atoms with E-state index in [4.69, 9.17) is 14.2 Å². The smallest absolute Gasteiger partial charge is 0.320 e. The number of anilines is 2. The second-order valence-corrected chi connectivity index (χ2v) is 7.70. The second kappa shape index (κ2) is 10.9. The van der Waals surface area contributed by atoms with Gasteiger partial charge in [0.15, 0.2) is 11.5 Å². The molecule has 0 spiro atoms. The van der Waals surface area contributed by atoms with E-state index in [9.17, 15) is 4.79 Å². The van der Waals surface area contributed by atoms with Crippen molar-refractivity contribution in [3.05, 3.63) is 47.1 Å². The number of benzene rings is 2. The fraction of sp³-hybridized carbons (Fsp3) is 0.318. The van der Waals surface area contributed by atoms with Crippen molar-refractivity contribution in [1.82, 2.24) is 14.9 Å². The minimum atomic E-state index is -0.252. The second-order valence-electron chi connectivity index (χ2n) is 6.78. The van der Waals surface area contributed by atoms with Crippen LogP contribution < -0.4 is 14.8 Å². The summed E-state index contributed by atoms with van der Waals surface area (Å²) in [5.41, 5.74) is 1.61. The van der Waals surface area contributed by atoms with E-state index in [2.05, 4.69) is 31.2 Å². The van der Waals surface area contributed by atoms with E-state index in [0.717, 1.165) is 21.1 Å². The number of fused-ring (bicyclic) bond motifs is 1. The van der Waals surface area contributed by atoms with Gasteiger partial charge in [0, 0.05) is 34.4 Å². The van der Waals surface area contributed by atoms with Gasteiger partial charge < -0.3 is 19.5 Å². The van der Waals surface area contributed by atoms with E-state index in [1.54, 1.807) is 20.2 Å². The number of carbonyl (C=O) groups excluding carboxylic acids is 1. The molecule has 0 atom stereocenters. The Morgan fingerprint density at radius 1 is 1.23 bits per heavy atom. The Hall–Kier alpha value is -2.91. The number of nitrogens with one attached hydrogen (secondary N) is 1. The van der Waals surface area contributed by atoms with Gasteiger partial charge in [-0.1, -0.05) is 22.0 Å². The summed E-state index contributed by atoms with van der Waals surface area (Å²) in [7, 11) is 3.42. The number of aromatic nitrogens is 2. The molecule has 0 saturated carbocycles. The average Bonchev–Trinajstić information content (AvgIpc) is 2.73. The van der Waals surface area contributed by atoms with Crippen LogP contribution in [0.4, 0.5) is 11.6 Å². The number of methoxy groups -OCH3 is 1. The third-order valence-electron chi connectivity index (χ3n) is 4.38. The molecule has 0 saturated heterocycles. The summed E-state index contributed by atoms with van der Waals surface area (Å²) in [5.74, 6) is 1.41. The summed E-state index contributed by atoms with van der Waals surface area (Å²) in [6, 6.07) is 11.4. The van der Waals surface area contributed by atoms with Crippen LogP contribution in [0.3, 0.4) is 0 Å². The molecule has 0 aliphatic carbocycles. The first kappa shape index (κ1) is 22.8. The highest BCUT2D eigenvalue weighted by molar-refractivity contribution is 9.10. The maximum absolute atomic E-state index is 11.5. The van der Waals surface area contributed by atoms with Crippen LogP contribution in [-0.2, 0) is 9.53 Å². The van der Waals surface area contributed by atoms with Crippen LogP contribution in [0.1, 0.15) is 6.92 Å². The first-order chi connectivity index (χ1) is 15.0. The van der Waals surface area contributed by atoms with Crippen molar-refractivity contribution < 1.29 is 19.0 Å². The molecule has 164 valence electrons. The van der Waals surface area contributed by atoms with Crippen LogP contribution in [0.5, 0.6) is 11.5 Å². The highest BCUT2D eigenvalue weighted by Gasteiger charge is 2.11. The summed E-state index contributed by atoms with van der Waals surface area (Å²) in [6.45, 7) is 3.33. The van der Waals surface area contributed by atoms with Crippen LogP contribution in [0.25, 0.3) is 10.9 Å². The molecule has 0 aliphatic rings. The molecule has 9 heteroatoms. The van der Waals surface area contributed by atoms with E-state index in [1.165, 1.54) is 0 Å². The average molecular weight is 489 g/mol. The highest BCUT2D eigenvalue weighted by atomic mass is 79.9. The van der Waals surface area contributed by atoms with Gasteiger partial charge in [0.1, 0.15) is 6.61 Å². The van der Waals surface area contributed by atoms with Gasteiger partial charge in [-0.3, -0.25) is 9.69 Å². The Morgan fingerprint density at radius 2 is 2.06 bits per heavy atom. The lowest BCUT2D eigenvalue weighted by molar-refractivity contribution is -0.144. The molecule has 0 radical (unpaired) electrons. The number of nitrogens with zero attached hydrogens (tertiary/aromatic N) is 3. The number of likely N-dealkylation sites (N-methyl/N-ethyl adjacent to an activating group) is 1. The lowest BCUT2D eigenvalue weighted by atomic mass is 10.2. The summed E-state index contributed by atoms with van der Waals surface area (Å²) >= 11 is 3.45. The maximum Gasteiger partial charge on any atom is 0.320 e. The standard InChI is InChI=1S/C22H25BrN4O4/c1-4-30-21(28)14-27(2)8-9-31-20-10-15-13-24-22(26-18(15)12-19(20)29-3)25-17-7-5-6-16(23)11-17/h5-7,10-13H,4,8-9,14H2,1-3H3,(H,24,25,26). The van der Waals surface area contributed by atoms with Crippen LogP contribution in [0.15, 0.2) is 47.1 Å². The Balaban J connectivity index is 1.68. The molecule has 3 rings (SSSR count). The predicted octanol–water partition coefficient (Wildman–Crippen LogP) is 4.02. The number of ether oxygens (including phenoxy) is 3. The van der Waals surface area contributed by atoms with E-state index < -0.39 is 0 Å². The molecule has 0 unspecified atom stereocenters. The van der Waals surface area contributed by atoms with E-state index in [-0.39, 0.29) is 12.5 Å². The Kier molecular flexibility index (Phi) is 8.02. The molecule has 0 aliphatic heterocycles. The monoisotopic (exact) mass is 488 g/mol. The highest BCUT2D eigenvalue weighted by Crippen LogP contribution is 2.32. The van der Waals surface area contributed by atoms with Gasteiger partial charge in [-0.05, 0) is 38.2 Å². The van der Waals surface area contributed by atoms with Crippen molar-refractivity contribution in [2.24, 2.45) is 0 Å². The Morgan fingerprint density at radius 3 is 2.81 bits per heavy atom. The van der Waals surface area contributed by atoms with E-state index in [0.29, 0.717) is 37.2 Å². The number of hydrogen-bond donors (Lipinski definition) is 1. The number of esters is 1. The summed E-state index contributed by atoms with van der Waals surface area (Å²) in [5, 5.41) is 4.02. The number of halogens is 1. The predicted molar refractivity (Wildman–Crippen MR) is 123 cm³/mol. The van der Waals surface area contributed by atoms with Gasteiger partial charge in [0.2, 0.25) is 5.95 Å². The van der Waals surface area contributed by atoms with Gasteiger partial charge in [0.25, 0.3) is 0 Å². The lowest BCUT2D eigenvalue weighted by Gasteiger charge is -2.17. The van der Waals surface area contributed by atoms with Crippen molar-refractivity contribution in [3.8, 4) is 11.5 Å². The normalized spacial score (nSPS) is 10.9. The van der Waals surface area contributed by atoms with E-state index in [1.807, 2.05) is 48.3 Å². The molecule has 8 nitrogen and oxygen atoms in total. The van der Waals surface area contributed by atoms with Crippen LogP contribution in [0, 0.1) is 0 Å². The lowest BCUT2D eigenvalue weighted by Crippen LogP contribution is -2.31. The fourth-order valence-corrected chi connectivity index (χ4v) is 3.28. The van der Waals surface area contributed by atoms with Gasteiger partial charge in [-0.25, -0.2) is 9.97 Å². The first-order valence-electron chi connectivity index (χ1n) is 9.83. The van der Waals surface area contributed by atoms with Crippen molar-refractivity contribution in [2.75, 3.05) is 45.8 Å². The zero-order valence-electron chi connectivity index (χ0n) is 17.7. The number of rotatable bonds is 10. The topological polar surface area (TPSA) is 85.8 Å². The first-order valence-corrected chi connectivity index (χ1v) is 10.6. The maximum atomic E-state index is 11.5. The molecule has 0 fully saturated rings. The molecule has 1 aromatic heterocycles. The Bertz CT molecular complexity index is 1050. The zero-order chi connectivity index (χ0) is 22.2. The SMILES string of the molecule is CCOC(=O)CN(C)CCOc1cc2cnc(Nc3cccc(Br)c3)nc2cc1OC. The van der Waals surface area contributed by atoms with Crippen molar-refractivity contribution in [3.63, 3.8) is 0 Å². The quantitative estimate of drug-likeness (QED) is 0.428. The summed E-state index contributed by atoms with van der Waals surface area (Å²) < 4.78 is 17.3. The van der Waals surface area contributed by atoms with Gasteiger partial charge in [-0.15, -0.1) is 0 Å².